The fourth-order valence-corrected chi connectivity index (χ4v) is 1.71. The normalized spacial score (nSPS) is 10.7. The molecule has 0 heterocycles. The van der Waals surface area contributed by atoms with Crippen LogP contribution in [0.5, 0.6) is 5.75 Å². The lowest BCUT2D eigenvalue weighted by Gasteiger charge is -2.17. The SMILES string of the molecule is CCN(CC)CCOC(=O)c1cccc(C)c1O. The van der Waals surface area contributed by atoms with E-state index in [1.54, 1.807) is 25.1 Å². The second-order valence-corrected chi connectivity index (χ2v) is 4.13. The Morgan fingerprint density at radius 3 is 2.61 bits per heavy atom. The summed E-state index contributed by atoms with van der Waals surface area (Å²) in [4.78, 5) is 13.9. The van der Waals surface area contributed by atoms with Gasteiger partial charge in [-0.05, 0) is 31.6 Å². The molecular formula is C14H21NO3. The Balaban J connectivity index is 2.53. The van der Waals surface area contributed by atoms with Crippen molar-refractivity contribution in [2.24, 2.45) is 0 Å². The minimum absolute atomic E-state index is 0.00494. The molecule has 0 fully saturated rings. The van der Waals surface area contributed by atoms with E-state index in [-0.39, 0.29) is 11.3 Å². The zero-order valence-corrected chi connectivity index (χ0v) is 11.3. The van der Waals surface area contributed by atoms with E-state index in [1.165, 1.54) is 0 Å². The Bertz CT molecular complexity index is 400. The van der Waals surface area contributed by atoms with Crippen molar-refractivity contribution in [3.8, 4) is 5.75 Å². The highest BCUT2D eigenvalue weighted by molar-refractivity contribution is 5.92. The molecule has 18 heavy (non-hydrogen) atoms. The third-order valence-corrected chi connectivity index (χ3v) is 2.99. The summed E-state index contributed by atoms with van der Waals surface area (Å²) in [5, 5.41) is 9.76. The van der Waals surface area contributed by atoms with Gasteiger partial charge < -0.3 is 14.7 Å². The minimum Gasteiger partial charge on any atom is -0.507 e. The van der Waals surface area contributed by atoms with Gasteiger partial charge in [0, 0.05) is 6.54 Å². The molecule has 0 aliphatic carbocycles. The number of hydrogen-bond acceptors (Lipinski definition) is 4. The van der Waals surface area contributed by atoms with Crippen molar-refractivity contribution in [1.82, 2.24) is 4.90 Å². The fourth-order valence-electron chi connectivity index (χ4n) is 1.71. The first-order chi connectivity index (χ1) is 8.60. The fraction of sp³-hybridized carbons (Fsp3) is 0.500. The van der Waals surface area contributed by atoms with Crippen LogP contribution in [-0.2, 0) is 4.74 Å². The Morgan fingerprint density at radius 1 is 1.33 bits per heavy atom. The molecule has 1 N–H and O–H groups in total. The first-order valence-corrected chi connectivity index (χ1v) is 6.28. The van der Waals surface area contributed by atoms with Crippen LogP contribution < -0.4 is 0 Å². The maximum absolute atomic E-state index is 11.8. The molecule has 0 saturated heterocycles. The second-order valence-electron chi connectivity index (χ2n) is 4.13. The number of likely N-dealkylation sites (N-methyl/N-ethyl adjacent to an activating group) is 1. The van der Waals surface area contributed by atoms with Crippen LogP contribution in [0, 0.1) is 6.92 Å². The van der Waals surface area contributed by atoms with Crippen LogP contribution in [0.15, 0.2) is 18.2 Å². The summed E-state index contributed by atoms with van der Waals surface area (Å²) >= 11 is 0. The zero-order chi connectivity index (χ0) is 13.5. The minimum atomic E-state index is -0.469. The lowest BCUT2D eigenvalue weighted by Crippen LogP contribution is -2.27. The van der Waals surface area contributed by atoms with E-state index in [4.69, 9.17) is 4.74 Å². The Labute approximate surface area is 108 Å². The van der Waals surface area contributed by atoms with Crippen LogP contribution in [0.3, 0.4) is 0 Å². The van der Waals surface area contributed by atoms with E-state index in [1.807, 2.05) is 0 Å². The van der Waals surface area contributed by atoms with Crippen LogP contribution in [-0.4, -0.2) is 42.2 Å². The van der Waals surface area contributed by atoms with Gasteiger partial charge in [-0.1, -0.05) is 26.0 Å². The number of nitrogens with zero attached hydrogens (tertiary/aromatic N) is 1. The highest BCUT2D eigenvalue weighted by Gasteiger charge is 2.13. The van der Waals surface area contributed by atoms with Gasteiger partial charge in [0.25, 0.3) is 0 Å². The molecule has 0 atom stereocenters. The molecular weight excluding hydrogens is 230 g/mol. The molecule has 4 heteroatoms. The lowest BCUT2D eigenvalue weighted by molar-refractivity contribution is 0.0463. The molecule has 4 nitrogen and oxygen atoms in total. The third kappa shape index (κ3) is 3.74. The first-order valence-electron chi connectivity index (χ1n) is 6.28. The Kier molecular flexibility index (Phi) is 5.65. The number of aryl methyl sites for hydroxylation is 1. The summed E-state index contributed by atoms with van der Waals surface area (Å²) in [5.41, 5.74) is 0.905. The number of phenolic OH excluding ortho intramolecular Hbond substituents is 1. The summed E-state index contributed by atoms with van der Waals surface area (Å²) in [6, 6.07) is 5.06. The van der Waals surface area contributed by atoms with Crippen molar-refractivity contribution in [3.05, 3.63) is 29.3 Å². The van der Waals surface area contributed by atoms with Crippen LogP contribution >= 0.6 is 0 Å². The van der Waals surface area contributed by atoms with Crippen LogP contribution in [0.2, 0.25) is 0 Å². The topological polar surface area (TPSA) is 49.8 Å². The summed E-state index contributed by atoms with van der Waals surface area (Å²) in [6.07, 6.45) is 0. The van der Waals surface area contributed by atoms with Gasteiger partial charge in [-0.3, -0.25) is 0 Å². The standard InChI is InChI=1S/C14H21NO3/c1-4-15(5-2)9-10-18-14(17)12-8-6-7-11(3)13(12)16/h6-8,16H,4-5,9-10H2,1-3H3. The molecule has 0 saturated carbocycles. The Morgan fingerprint density at radius 2 is 2.00 bits per heavy atom. The molecule has 0 amide bonds. The van der Waals surface area contributed by atoms with Gasteiger partial charge >= 0.3 is 5.97 Å². The Hall–Kier alpha value is -1.55. The van der Waals surface area contributed by atoms with Gasteiger partial charge in [-0.15, -0.1) is 0 Å². The van der Waals surface area contributed by atoms with Crippen molar-refractivity contribution in [2.45, 2.75) is 20.8 Å². The third-order valence-electron chi connectivity index (χ3n) is 2.99. The first kappa shape index (κ1) is 14.5. The summed E-state index contributed by atoms with van der Waals surface area (Å²) < 4.78 is 5.16. The van der Waals surface area contributed by atoms with E-state index < -0.39 is 5.97 Å². The molecule has 0 spiro atoms. The van der Waals surface area contributed by atoms with Gasteiger partial charge in [0.05, 0.1) is 0 Å². The van der Waals surface area contributed by atoms with Gasteiger partial charge in [-0.25, -0.2) is 4.79 Å². The molecule has 0 aliphatic rings. The highest BCUT2D eigenvalue weighted by atomic mass is 16.5. The number of aromatic hydroxyl groups is 1. The van der Waals surface area contributed by atoms with Crippen molar-refractivity contribution in [1.29, 1.82) is 0 Å². The number of esters is 1. The number of benzene rings is 1. The number of hydrogen-bond donors (Lipinski definition) is 1. The van der Waals surface area contributed by atoms with Gasteiger partial charge in [-0.2, -0.15) is 0 Å². The van der Waals surface area contributed by atoms with E-state index in [9.17, 15) is 9.90 Å². The van der Waals surface area contributed by atoms with Crippen molar-refractivity contribution in [2.75, 3.05) is 26.2 Å². The summed E-state index contributed by atoms with van der Waals surface area (Å²) in [6.45, 7) is 8.81. The average molecular weight is 251 g/mol. The largest absolute Gasteiger partial charge is 0.507 e. The summed E-state index contributed by atoms with van der Waals surface area (Å²) in [7, 11) is 0. The van der Waals surface area contributed by atoms with Crippen molar-refractivity contribution >= 4 is 5.97 Å². The van der Waals surface area contributed by atoms with E-state index in [0.717, 1.165) is 13.1 Å². The predicted molar refractivity (Wildman–Crippen MR) is 70.9 cm³/mol. The molecule has 0 bridgehead atoms. The molecule has 100 valence electrons. The number of ether oxygens (including phenoxy) is 1. The lowest BCUT2D eigenvalue weighted by atomic mass is 10.1. The van der Waals surface area contributed by atoms with Gasteiger partial charge in [0.2, 0.25) is 0 Å². The smallest absolute Gasteiger partial charge is 0.341 e. The second kappa shape index (κ2) is 7.01. The number of para-hydroxylation sites is 1. The molecule has 1 aromatic rings. The molecule has 0 radical (unpaired) electrons. The zero-order valence-electron chi connectivity index (χ0n) is 11.3. The van der Waals surface area contributed by atoms with Crippen LogP contribution in [0.4, 0.5) is 0 Å². The van der Waals surface area contributed by atoms with Gasteiger partial charge in [0.15, 0.2) is 0 Å². The average Bonchev–Trinajstić information content (AvgIpc) is 2.37. The quantitative estimate of drug-likeness (QED) is 0.787. The molecule has 0 unspecified atom stereocenters. The van der Waals surface area contributed by atoms with Crippen molar-refractivity contribution < 1.29 is 14.6 Å². The maximum atomic E-state index is 11.8. The van der Waals surface area contributed by atoms with E-state index >= 15 is 0 Å². The monoisotopic (exact) mass is 251 g/mol. The molecule has 1 rings (SSSR count). The highest BCUT2D eigenvalue weighted by Crippen LogP contribution is 2.21. The molecule has 0 aliphatic heterocycles. The number of carbonyl (C=O) groups is 1. The molecule has 0 aromatic heterocycles. The van der Waals surface area contributed by atoms with E-state index in [2.05, 4.69) is 18.7 Å². The predicted octanol–water partition coefficient (Wildman–Crippen LogP) is 2.20. The number of rotatable bonds is 6. The number of carbonyl (C=O) groups excluding carboxylic acids is 1. The van der Waals surface area contributed by atoms with Crippen LogP contribution in [0.25, 0.3) is 0 Å². The molecule has 1 aromatic carbocycles. The van der Waals surface area contributed by atoms with Crippen molar-refractivity contribution in [3.63, 3.8) is 0 Å². The number of phenols is 1. The summed E-state index contributed by atoms with van der Waals surface area (Å²) in [5.74, 6) is -0.464. The van der Waals surface area contributed by atoms with E-state index in [0.29, 0.717) is 18.7 Å². The van der Waals surface area contributed by atoms with Gasteiger partial charge in [0.1, 0.15) is 17.9 Å². The van der Waals surface area contributed by atoms with Crippen LogP contribution in [0.1, 0.15) is 29.8 Å². The maximum Gasteiger partial charge on any atom is 0.341 e.